The van der Waals surface area contributed by atoms with Crippen LogP contribution in [0.15, 0.2) is 71.3 Å². The van der Waals surface area contributed by atoms with Crippen molar-refractivity contribution < 1.29 is 18.3 Å². The number of furan rings is 1. The zero-order chi connectivity index (χ0) is 23.5. The maximum absolute atomic E-state index is 13.4. The normalized spacial score (nSPS) is 11.2. The summed E-state index contributed by atoms with van der Waals surface area (Å²) < 4.78 is 24.7. The van der Waals surface area contributed by atoms with Crippen LogP contribution in [0.4, 0.5) is 4.39 Å². The third-order valence-electron chi connectivity index (χ3n) is 5.12. The van der Waals surface area contributed by atoms with Gasteiger partial charge < -0.3 is 19.4 Å². The van der Waals surface area contributed by atoms with Crippen LogP contribution in [0.2, 0.25) is 0 Å². The SMILES string of the molecule is CN(C)CCNC(=O)CN(CCc1cccc(OCc2cccc(F)c2)c1)Cc1ccco1. The average molecular weight is 454 g/mol. The molecule has 0 saturated carbocycles. The highest BCUT2D eigenvalue weighted by Gasteiger charge is 2.13. The molecule has 1 N–H and O–H groups in total. The van der Waals surface area contributed by atoms with E-state index in [-0.39, 0.29) is 11.7 Å². The van der Waals surface area contributed by atoms with Gasteiger partial charge in [0.05, 0.1) is 19.4 Å². The van der Waals surface area contributed by atoms with Gasteiger partial charge in [0.2, 0.25) is 5.91 Å². The smallest absolute Gasteiger partial charge is 0.234 e. The molecule has 0 unspecified atom stereocenters. The van der Waals surface area contributed by atoms with E-state index in [0.717, 1.165) is 35.6 Å². The Hall–Kier alpha value is -3.16. The molecular weight excluding hydrogens is 421 g/mol. The Morgan fingerprint density at radius 2 is 1.85 bits per heavy atom. The molecule has 1 amide bonds. The minimum Gasteiger partial charge on any atom is -0.489 e. The highest BCUT2D eigenvalue weighted by molar-refractivity contribution is 5.78. The van der Waals surface area contributed by atoms with E-state index in [4.69, 9.17) is 9.15 Å². The van der Waals surface area contributed by atoms with Crippen LogP contribution in [0.25, 0.3) is 0 Å². The average Bonchev–Trinajstić information content (AvgIpc) is 3.29. The number of carbonyl (C=O) groups is 1. The van der Waals surface area contributed by atoms with Gasteiger partial charge in [-0.05, 0) is 68.0 Å². The van der Waals surface area contributed by atoms with Crippen molar-refractivity contribution in [2.75, 3.05) is 40.3 Å². The van der Waals surface area contributed by atoms with Gasteiger partial charge in [-0.2, -0.15) is 0 Å². The molecule has 33 heavy (non-hydrogen) atoms. The van der Waals surface area contributed by atoms with Gasteiger partial charge in [-0.3, -0.25) is 9.69 Å². The second-order valence-electron chi connectivity index (χ2n) is 8.26. The van der Waals surface area contributed by atoms with Gasteiger partial charge in [-0.25, -0.2) is 4.39 Å². The number of hydrogen-bond donors (Lipinski definition) is 1. The predicted molar refractivity (Wildman–Crippen MR) is 126 cm³/mol. The lowest BCUT2D eigenvalue weighted by Gasteiger charge is -2.21. The van der Waals surface area contributed by atoms with Gasteiger partial charge in [0, 0.05) is 19.6 Å². The number of hydrogen-bond acceptors (Lipinski definition) is 5. The summed E-state index contributed by atoms with van der Waals surface area (Å²) in [5.74, 6) is 1.28. The molecule has 3 rings (SSSR count). The number of halogens is 1. The minimum atomic E-state index is -0.271. The molecule has 0 fully saturated rings. The van der Waals surface area contributed by atoms with Crippen LogP contribution >= 0.6 is 0 Å². The molecule has 0 atom stereocenters. The van der Waals surface area contributed by atoms with E-state index in [1.165, 1.54) is 12.1 Å². The molecule has 0 saturated heterocycles. The lowest BCUT2D eigenvalue weighted by atomic mass is 10.1. The number of likely N-dealkylation sites (N-methyl/N-ethyl adjacent to an activating group) is 1. The highest BCUT2D eigenvalue weighted by atomic mass is 19.1. The second kappa shape index (κ2) is 12.8. The van der Waals surface area contributed by atoms with E-state index in [2.05, 4.69) is 10.2 Å². The second-order valence-corrected chi connectivity index (χ2v) is 8.26. The van der Waals surface area contributed by atoms with Crippen molar-refractivity contribution in [2.45, 2.75) is 19.6 Å². The van der Waals surface area contributed by atoms with Crippen molar-refractivity contribution in [1.29, 1.82) is 0 Å². The van der Waals surface area contributed by atoms with Crippen LogP contribution < -0.4 is 10.1 Å². The Bertz CT molecular complexity index is 992. The minimum absolute atomic E-state index is 0.00409. The molecule has 0 spiro atoms. The van der Waals surface area contributed by atoms with Gasteiger partial charge in [-0.15, -0.1) is 0 Å². The van der Waals surface area contributed by atoms with E-state index in [1.807, 2.05) is 61.5 Å². The fraction of sp³-hybridized carbons (Fsp3) is 0.346. The first-order valence-electron chi connectivity index (χ1n) is 11.1. The molecule has 0 aliphatic carbocycles. The lowest BCUT2D eigenvalue weighted by molar-refractivity contribution is -0.122. The molecule has 0 aliphatic heterocycles. The summed E-state index contributed by atoms with van der Waals surface area (Å²) in [4.78, 5) is 16.5. The van der Waals surface area contributed by atoms with Gasteiger partial charge in [0.1, 0.15) is 23.9 Å². The predicted octanol–water partition coefficient (Wildman–Crippen LogP) is 3.72. The van der Waals surface area contributed by atoms with Crippen molar-refractivity contribution in [2.24, 2.45) is 0 Å². The maximum atomic E-state index is 13.4. The van der Waals surface area contributed by atoms with Crippen LogP contribution in [0.5, 0.6) is 5.75 Å². The Labute approximate surface area is 194 Å². The zero-order valence-electron chi connectivity index (χ0n) is 19.3. The first kappa shape index (κ1) is 24.5. The molecule has 7 heteroatoms. The van der Waals surface area contributed by atoms with Crippen LogP contribution in [-0.2, 0) is 24.4 Å². The number of rotatable bonds is 13. The summed E-state index contributed by atoms with van der Waals surface area (Å²) in [6.45, 7) is 3.26. The van der Waals surface area contributed by atoms with Crippen molar-refractivity contribution in [3.63, 3.8) is 0 Å². The standard InChI is InChI=1S/C26H32FN3O3/c1-29(2)14-12-28-26(31)19-30(18-25-10-5-15-32-25)13-11-21-6-4-9-24(17-21)33-20-22-7-3-8-23(27)16-22/h3-10,15-17H,11-14,18-20H2,1-2H3,(H,28,31). The Balaban J connectivity index is 1.55. The molecule has 0 radical (unpaired) electrons. The summed E-state index contributed by atoms with van der Waals surface area (Å²) in [7, 11) is 3.96. The number of benzene rings is 2. The van der Waals surface area contributed by atoms with Gasteiger partial charge in [-0.1, -0.05) is 24.3 Å². The molecule has 176 valence electrons. The van der Waals surface area contributed by atoms with E-state index < -0.39 is 0 Å². The van der Waals surface area contributed by atoms with E-state index >= 15 is 0 Å². The van der Waals surface area contributed by atoms with E-state index in [9.17, 15) is 9.18 Å². The number of amides is 1. The fourth-order valence-electron chi connectivity index (χ4n) is 3.39. The maximum Gasteiger partial charge on any atom is 0.234 e. The Morgan fingerprint density at radius 3 is 2.61 bits per heavy atom. The quantitative estimate of drug-likeness (QED) is 0.428. The molecular formula is C26H32FN3O3. The summed E-state index contributed by atoms with van der Waals surface area (Å²) in [5.41, 5.74) is 1.88. The van der Waals surface area contributed by atoms with Gasteiger partial charge >= 0.3 is 0 Å². The van der Waals surface area contributed by atoms with Crippen molar-refractivity contribution in [3.05, 3.63) is 89.6 Å². The van der Waals surface area contributed by atoms with Gasteiger partial charge in [0.25, 0.3) is 0 Å². The number of nitrogens with one attached hydrogen (secondary N) is 1. The fourth-order valence-corrected chi connectivity index (χ4v) is 3.39. The zero-order valence-corrected chi connectivity index (χ0v) is 19.3. The largest absolute Gasteiger partial charge is 0.489 e. The highest BCUT2D eigenvalue weighted by Crippen LogP contribution is 2.17. The molecule has 0 aliphatic rings. The monoisotopic (exact) mass is 453 g/mol. The van der Waals surface area contributed by atoms with Crippen molar-refractivity contribution >= 4 is 5.91 Å². The summed E-state index contributed by atoms with van der Waals surface area (Å²) in [6.07, 6.45) is 2.40. The van der Waals surface area contributed by atoms with Crippen LogP contribution in [0.3, 0.4) is 0 Å². The number of ether oxygens (including phenoxy) is 1. The molecule has 0 bridgehead atoms. The Morgan fingerprint density at radius 1 is 1.03 bits per heavy atom. The van der Waals surface area contributed by atoms with Crippen molar-refractivity contribution in [1.82, 2.24) is 15.1 Å². The van der Waals surface area contributed by atoms with Crippen molar-refractivity contribution in [3.8, 4) is 5.75 Å². The third kappa shape index (κ3) is 9.08. The van der Waals surface area contributed by atoms with Crippen LogP contribution in [0, 0.1) is 5.82 Å². The number of carbonyl (C=O) groups excluding carboxylic acids is 1. The summed E-state index contributed by atoms with van der Waals surface area (Å²) >= 11 is 0. The first-order valence-corrected chi connectivity index (χ1v) is 11.1. The first-order chi connectivity index (χ1) is 16.0. The number of nitrogens with zero attached hydrogens (tertiary/aromatic N) is 2. The van der Waals surface area contributed by atoms with Gasteiger partial charge in [0.15, 0.2) is 0 Å². The molecule has 6 nitrogen and oxygen atoms in total. The lowest BCUT2D eigenvalue weighted by Crippen LogP contribution is -2.40. The third-order valence-corrected chi connectivity index (χ3v) is 5.12. The molecule has 1 aromatic heterocycles. The molecule has 1 heterocycles. The topological polar surface area (TPSA) is 58.0 Å². The summed E-state index contributed by atoms with van der Waals surface area (Å²) in [5, 5.41) is 2.97. The van der Waals surface area contributed by atoms with Crippen LogP contribution in [-0.4, -0.2) is 56.0 Å². The summed E-state index contributed by atoms with van der Waals surface area (Å²) in [6, 6.07) is 18.0. The molecule has 2 aromatic carbocycles. The van der Waals surface area contributed by atoms with Crippen LogP contribution in [0.1, 0.15) is 16.9 Å². The molecule has 3 aromatic rings. The Kier molecular flexibility index (Phi) is 9.47. The van der Waals surface area contributed by atoms with E-state index in [1.54, 1.807) is 12.3 Å². The van der Waals surface area contributed by atoms with E-state index in [0.29, 0.717) is 32.8 Å².